The van der Waals surface area contributed by atoms with Crippen molar-refractivity contribution in [1.82, 2.24) is 5.32 Å². The molecule has 1 N–H and O–H groups in total. The molecule has 0 bridgehead atoms. The zero-order chi connectivity index (χ0) is 20.8. The maximum Gasteiger partial charge on any atom is 0.304 e. The molecule has 1 rings (SSSR count). The van der Waals surface area contributed by atoms with Crippen LogP contribution in [0.1, 0.15) is 83.6 Å². The second-order valence-electron chi connectivity index (χ2n) is 8.99. The van der Waals surface area contributed by atoms with Gasteiger partial charge in [0.2, 0.25) is 0 Å². The summed E-state index contributed by atoms with van der Waals surface area (Å²) in [6.07, 6.45) is 15.2. The van der Waals surface area contributed by atoms with Gasteiger partial charge in [-0.05, 0) is 30.9 Å². The fourth-order valence-corrected chi connectivity index (χ4v) is 4.35. The maximum absolute atomic E-state index is 11.4. The van der Waals surface area contributed by atoms with Gasteiger partial charge in [0.05, 0.1) is 11.6 Å². The number of esters is 1. The number of hydrogen-bond acceptors (Lipinski definition) is 4. The highest BCUT2D eigenvalue weighted by Crippen LogP contribution is 2.12. The summed E-state index contributed by atoms with van der Waals surface area (Å²) >= 11 is 0. The van der Waals surface area contributed by atoms with Gasteiger partial charge in [0, 0.05) is 13.5 Å². The summed E-state index contributed by atoms with van der Waals surface area (Å²) in [6.45, 7) is 11.4. The molecule has 1 atom stereocenters. The summed E-state index contributed by atoms with van der Waals surface area (Å²) in [6, 6.07) is 2.19. The summed E-state index contributed by atoms with van der Waals surface area (Å²) < 4.78 is 11.2. The first-order valence-corrected chi connectivity index (χ1v) is 14.8. The molecule has 0 aliphatic carbocycles. The molecular weight excluding hydrogens is 366 g/mol. The van der Waals surface area contributed by atoms with Gasteiger partial charge in [0.1, 0.15) is 8.07 Å². The van der Waals surface area contributed by atoms with Crippen LogP contribution < -0.4 is 10.7 Å². The molecule has 0 radical (unpaired) electrons. The minimum Gasteiger partial charge on any atom is -0.474 e. The lowest BCUT2D eigenvalue weighted by molar-refractivity contribution is -0.148. The van der Waals surface area contributed by atoms with Gasteiger partial charge in [-0.2, -0.15) is 0 Å². The average molecular weight is 410 g/mol. The van der Waals surface area contributed by atoms with E-state index in [1.807, 2.05) is 6.26 Å². The van der Waals surface area contributed by atoms with E-state index in [4.69, 9.17) is 9.15 Å². The molecule has 0 spiro atoms. The van der Waals surface area contributed by atoms with Gasteiger partial charge in [0.25, 0.3) is 0 Å². The highest BCUT2D eigenvalue weighted by molar-refractivity contribution is 6.87. The van der Waals surface area contributed by atoms with Crippen LogP contribution in [0.2, 0.25) is 19.6 Å². The SMILES string of the molecule is CCCCCCCCCCCC(NCCc1coc([Si](C)(C)C)c1)OC(C)=O. The standard InChI is InChI=1S/C23H43NO3Si/c1-6-7-8-9-10-11-12-13-14-15-22(27-20(2)25)24-17-16-21-18-23(26-19-21)28(3,4)5/h18-19,22,24H,6-17H2,1-5H3. The summed E-state index contributed by atoms with van der Waals surface area (Å²) in [7, 11) is -1.39. The first-order chi connectivity index (χ1) is 13.3. The molecule has 0 saturated carbocycles. The van der Waals surface area contributed by atoms with Crippen molar-refractivity contribution in [2.75, 3.05) is 6.54 Å². The van der Waals surface area contributed by atoms with Gasteiger partial charge in [-0.3, -0.25) is 10.1 Å². The predicted octanol–water partition coefficient (Wildman–Crippen LogP) is 5.77. The van der Waals surface area contributed by atoms with Crippen molar-refractivity contribution in [3.8, 4) is 0 Å². The van der Waals surface area contributed by atoms with Crippen LogP contribution in [0, 0.1) is 0 Å². The highest BCUT2D eigenvalue weighted by atomic mass is 28.3. The number of ether oxygens (including phenoxy) is 1. The van der Waals surface area contributed by atoms with E-state index in [1.54, 1.807) is 0 Å². The number of unbranched alkanes of at least 4 members (excludes halogenated alkanes) is 8. The van der Waals surface area contributed by atoms with Gasteiger partial charge in [-0.1, -0.05) is 77.9 Å². The van der Waals surface area contributed by atoms with E-state index in [9.17, 15) is 4.79 Å². The van der Waals surface area contributed by atoms with Crippen LogP contribution in [-0.4, -0.2) is 26.8 Å². The number of furan rings is 1. The first kappa shape index (κ1) is 25.0. The van der Waals surface area contributed by atoms with Crippen molar-refractivity contribution in [3.63, 3.8) is 0 Å². The topological polar surface area (TPSA) is 51.5 Å². The Kier molecular flexibility index (Phi) is 12.5. The lowest BCUT2D eigenvalue weighted by atomic mass is 10.1. The zero-order valence-corrected chi connectivity index (χ0v) is 19.9. The predicted molar refractivity (Wildman–Crippen MR) is 121 cm³/mol. The number of carbonyl (C=O) groups is 1. The second-order valence-corrected chi connectivity index (χ2v) is 14.0. The monoisotopic (exact) mass is 409 g/mol. The molecular formula is C23H43NO3Si. The fraction of sp³-hybridized carbons (Fsp3) is 0.783. The van der Waals surface area contributed by atoms with Crippen LogP contribution in [0.25, 0.3) is 0 Å². The van der Waals surface area contributed by atoms with E-state index < -0.39 is 8.07 Å². The molecule has 0 aromatic carbocycles. The number of rotatable bonds is 16. The molecule has 0 saturated heterocycles. The van der Waals surface area contributed by atoms with E-state index in [0.29, 0.717) is 0 Å². The van der Waals surface area contributed by atoms with E-state index in [2.05, 4.69) is 37.9 Å². The molecule has 0 aliphatic rings. The van der Waals surface area contributed by atoms with E-state index in [1.165, 1.54) is 63.9 Å². The second kappa shape index (κ2) is 14.0. The third-order valence-corrected chi connectivity index (χ3v) is 6.80. The van der Waals surface area contributed by atoms with Crippen molar-refractivity contribution in [2.24, 2.45) is 0 Å². The molecule has 4 nitrogen and oxygen atoms in total. The number of nitrogens with one attached hydrogen (secondary N) is 1. The Labute approximate surface area is 173 Å². The highest BCUT2D eigenvalue weighted by Gasteiger charge is 2.21. The van der Waals surface area contributed by atoms with Gasteiger partial charge in [-0.25, -0.2) is 0 Å². The molecule has 1 heterocycles. The van der Waals surface area contributed by atoms with Crippen LogP contribution in [0.15, 0.2) is 16.7 Å². The smallest absolute Gasteiger partial charge is 0.304 e. The van der Waals surface area contributed by atoms with Gasteiger partial charge in [0.15, 0.2) is 6.23 Å². The molecule has 5 heteroatoms. The van der Waals surface area contributed by atoms with Crippen molar-refractivity contribution < 1.29 is 13.9 Å². The molecule has 162 valence electrons. The number of hydrogen-bond donors (Lipinski definition) is 1. The molecule has 1 aromatic heterocycles. The zero-order valence-electron chi connectivity index (χ0n) is 18.9. The minimum atomic E-state index is -1.39. The fourth-order valence-electron chi connectivity index (χ4n) is 3.32. The lowest BCUT2D eigenvalue weighted by Gasteiger charge is -2.18. The van der Waals surface area contributed by atoms with Crippen LogP contribution in [0.3, 0.4) is 0 Å². The van der Waals surface area contributed by atoms with E-state index >= 15 is 0 Å². The normalized spacial score (nSPS) is 12.9. The Morgan fingerprint density at radius 3 is 2.21 bits per heavy atom. The quantitative estimate of drug-likeness (QED) is 0.163. The van der Waals surface area contributed by atoms with E-state index in [0.717, 1.165) is 31.2 Å². The van der Waals surface area contributed by atoms with E-state index in [-0.39, 0.29) is 12.2 Å². The van der Waals surface area contributed by atoms with Crippen LogP contribution in [0.5, 0.6) is 0 Å². The van der Waals surface area contributed by atoms with Crippen LogP contribution in [0.4, 0.5) is 0 Å². The van der Waals surface area contributed by atoms with Crippen LogP contribution in [-0.2, 0) is 16.0 Å². The maximum atomic E-state index is 11.4. The molecule has 1 aromatic rings. The molecule has 1 unspecified atom stereocenters. The largest absolute Gasteiger partial charge is 0.474 e. The number of carbonyl (C=O) groups excluding carboxylic acids is 1. The Morgan fingerprint density at radius 2 is 1.68 bits per heavy atom. The molecule has 0 amide bonds. The third kappa shape index (κ3) is 11.7. The van der Waals surface area contributed by atoms with Gasteiger partial charge >= 0.3 is 5.97 Å². The van der Waals surface area contributed by atoms with Gasteiger partial charge in [-0.15, -0.1) is 0 Å². The Bertz CT molecular complexity index is 536. The minimum absolute atomic E-state index is 0.176. The molecule has 0 fully saturated rings. The summed E-state index contributed by atoms with van der Waals surface area (Å²) in [5.74, 6) is -0.210. The van der Waals surface area contributed by atoms with Gasteiger partial charge < -0.3 is 9.15 Å². The van der Waals surface area contributed by atoms with Crippen molar-refractivity contribution in [2.45, 2.75) is 110 Å². The van der Waals surface area contributed by atoms with Crippen LogP contribution >= 0.6 is 0 Å². The Morgan fingerprint density at radius 1 is 1.07 bits per heavy atom. The van der Waals surface area contributed by atoms with Crippen molar-refractivity contribution in [3.05, 3.63) is 17.9 Å². The molecule has 28 heavy (non-hydrogen) atoms. The Balaban J connectivity index is 2.22. The van der Waals surface area contributed by atoms with Crippen molar-refractivity contribution in [1.29, 1.82) is 0 Å². The average Bonchev–Trinajstić information content (AvgIpc) is 3.09. The lowest BCUT2D eigenvalue weighted by Crippen LogP contribution is -2.36. The Hall–Kier alpha value is -1.07. The third-order valence-electron chi connectivity index (χ3n) is 5.06. The molecule has 0 aliphatic heterocycles. The first-order valence-electron chi connectivity index (χ1n) is 11.3. The summed E-state index contributed by atoms with van der Waals surface area (Å²) in [5, 5.41) is 4.55. The van der Waals surface area contributed by atoms with Crippen molar-refractivity contribution >= 4 is 19.4 Å². The summed E-state index contributed by atoms with van der Waals surface area (Å²) in [5.41, 5.74) is 1.22. The summed E-state index contributed by atoms with van der Waals surface area (Å²) in [4.78, 5) is 11.4.